The maximum absolute atomic E-state index is 6.33. The molecule has 0 saturated heterocycles. The van der Waals surface area contributed by atoms with E-state index in [2.05, 4.69) is 83.2 Å². The zero-order chi connectivity index (χ0) is 22.2. The fraction of sp³-hybridized carbons (Fsp3) is 0.310. The van der Waals surface area contributed by atoms with Gasteiger partial charge in [-0.15, -0.1) is 0 Å². The first-order chi connectivity index (χ1) is 16.3. The van der Waals surface area contributed by atoms with Gasteiger partial charge >= 0.3 is 0 Å². The number of nitrogens with zero attached hydrogens (tertiary/aromatic N) is 1. The van der Waals surface area contributed by atoms with Gasteiger partial charge < -0.3 is 0 Å². The maximum Gasteiger partial charge on any atom is 0.135 e. The molecule has 4 atom stereocenters. The molecule has 1 aliphatic carbocycles. The molecule has 3 nitrogen and oxygen atoms in total. The van der Waals surface area contributed by atoms with Gasteiger partial charge in [0.05, 0.1) is 6.04 Å². The highest BCUT2D eigenvalue weighted by molar-refractivity contribution is 6.30. The van der Waals surface area contributed by atoms with Crippen LogP contribution in [0.2, 0.25) is 5.02 Å². The minimum absolute atomic E-state index is 0.122. The lowest BCUT2D eigenvalue weighted by Gasteiger charge is -2.49. The number of hydrogen-bond donors (Lipinski definition) is 1. The van der Waals surface area contributed by atoms with E-state index >= 15 is 0 Å². The summed E-state index contributed by atoms with van der Waals surface area (Å²) in [5, 5.41) is 0.750. The second-order valence-corrected chi connectivity index (χ2v) is 9.89. The molecule has 2 heterocycles. The summed E-state index contributed by atoms with van der Waals surface area (Å²) in [4.78, 5) is 9.09. The van der Waals surface area contributed by atoms with Gasteiger partial charge in [-0.25, -0.2) is 0 Å². The lowest BCUT2D eigenvalue weighted by atomic mass is 9.73. The van der Waals surface area contributed by atoms with Gasteiger partial charge in [0.2, 0.25) is 0 Å². The Morgan fingerprint density at radius 2 is 1.52 bits per heavy atom. The van der Waals surface area contributed by atoms with E-state index in [0.717, 1.165) is 17.1 Å². The molecule has 4 unspecified atom stereocenters. The third-order valence-corrected chi connectivity index (χ3v) is 7.78. The Morgan fingerprint density at radius 1 is 0.818 bits per heavy atom. The van der Waals surface area contributed by atoms with Crippen molar-refractivity contribution in [1.82, 2.24) is 10.4 Å². The van der Waals surface area contributed by atoms with Crippen molar-refractivity contribution in [3.05, 3.63) is 118 Å². The zero-order valence-electron chi connectivity index (χ0n) is 18.7. The Kier molecular flexibility index (Phi) is 5.71. The molecule has 1 N–H and O–H groups in total. The number of hydrogen-bond acceptors (Lipinski definition) is 3. The molecule has 4 heteroatoms. The van der Waals surface area contributed by atoms with Crippen molar-refractivity contribution in [2.45, 2.75) is 50.4 Å². The Balaban J connectivity index is 1.50. The lowest BCUT2D eigenvalue weighted by Crippen LogP contribution is -2.50. The van der Waals surface area contributed by atoms with Gasteiger partial charge in [-0.2, -0.15) is 0 Å². The zero-order valence-corrected chi connectivity index (χ0v) is 19.4. The SMILES string of the molecule is Clc1ccc(C2ONC3=C2C(c2ccccc2)N(Cc2ccccc2)C2CCCCC32)cc1. The van der Waals surface area contributed by atoms with E-state index in [1.165, 1.54) is 48.1 Å². The molecule has 0 bridgehead atoms. The predicted octanol–water partition coefficient (Wildman–Crippen LogP) is 6.99. The minimum Gasteiger partial charge on any atom is -0.285 e. The first-order valence-electron chi connectivity index (χ1n) is 12.1. The third kappa shape index (κ3) is 3.89. The molecular weight excluding hydrogens is 428 g/mol. The fourth-order valence-corrected chi connectivity index (χ4v) is 6.20. The summed E-state index contributed by atoms with van der Waals surface area (Å²) in [6, 6.07) is 30.7. The molecule has 0 radical (unpaired) electrons. The molecule has 168 valence electrons. The van der Waals surface area contributed by atoms with Crippen molar-refractivity contribution < 1.29 is 4.84 Å². The molecule has 3 aromatic carbocycles. The van der Waals surface area contributed by atoms with Crippen molar-refractivity contribution in [2.24, 2.45) is 5.92 Å². The third-order valence-electron chi connectivity index (χ3n) is 7.53. The number of nitrogens with one attached hydrogen (secondary N) is 1. The standard InChI is InChI=1S/C29H29ClN2O/c30-23-17-15-22(16-18-23)29-26-27(31-33-29)24-13-7-8-14-25(24)32(19-20-9-3-1-4-10-20)28(26)21-11-5-2-6-12-21/h1-6,9-12,15-18,24-25,28-29,31H,7-8,13-14,19H2. The van der Waals surface area contributed by atoms with Crippen LogP contribution in [0.4, 0.5) is 0 Å². The molecule has 3 aliphatic rings. The lowest BCUT2D eigenvalue weighted by molar-refractivity contribution is 0.0333. The normalized spacial score (nSPS) is 27.1. The number of rotatable bonds is 4. The van der Waals surface area contributed by atoms with Crippen molar-refractivity contribution in [3.8, 4) is 0 Å². The molecule has 2 aliphatic heterocycles. The number of hydroxylamine groups is 1. The van der Waals surface area contributed by atoms with Gasteiger partial charge in [0.15, 0.2) is 0 Å². The summed E-state index contributed by atoms with van der Waals surface area (Å²) in [6.45, 7) is 0.936. The van der Waals surface area contributed by atoms with E-state index < -0.39 is 0 Å². The van der Waals surface area contributed by atoms with Crippen molar-refractivity contribution in [3.63, 3.8) is 0 Å². The first kappa shape index (κ1) is 21.0. The monoisotopic (exact) mass is 456 g/mol. The Labute approximate surface area is 201 Å². The van der Waals surface area contributed by atoms with E-state index in [1.54, 1.807) is 0 Å². The molecule has 33 heavy (non-hydrogen) atoms. The molecule has 1 saturated carbocycles. The van der Waals surface area contributed by atoms with Crippen LogP contribution in [0.15, 0.2) is 96.2 Å². The summed E-state index contributed by atoms with van der Waals surface area (Å²) in [6.07, 6.45) is 4.88. The topological polar surface area (TPSA) is 24.5 Å². The van der Waals surface area contributed by atoms with Crippen LogP contribution in [0, 0.1) is 5.92 Å². The highest BCUT2D eigenvalue weighted by atomic mass is 35.5. The van der Waals surface area contributed by atoms with Crippen LogP contribution in [-0.2, 0) is 11.4 Å². The minimum atomic E-state index is -0.122. The van der Waals surface area contributed by atoms with Crippen LogP contribution in [0.25, 0.3) is 0 Å². The van der Waals surface area contributed by atoms with Crippen LogP contribution >= 0.6 is 11.6 Å². The Bertz CT molecular complexity index is 1130. The van der Waals surface area contributed by atoms with E-state index in [0.29, 0.717) is 12.0 Å². The second kappa shape index (κ2) is 8.98. The Morgan fingerprint density at radius 3 is 2.27 bits per heavy atom. The fourth-order valence-electron chi connectivity index (χ4n) is 6.08. The molecule has 6 rings (SSSR count). The molecular formula is C29H29ClN2O. The average Bonchev–Trinajstić information content (AvgIpc) is 3.31. The predicted molar refractivity (Wildman–Crippen MR) is 132 cm³/mol. The highest BCUT2D eigenvalue weighted by Crippen LogP contribution is 2.53. The highest BCUT2D eigenvalue weighted by Gasteiger charge is 2.49. The van der Waals surface area contributed by atoms with Crippen LogP contribution < -0.4 is 5.48 Å². The van der Waals surface area contributed by atoms with Crippen LogP contribution in [0.5, 0.6) is 0 Å². The molecule has 3 aromatic rings. The average molecular weight is 457 g/mol. The van der Waals surface area contributed by atoms with Gasteiger partial charge in [-0.3, -0.25) is 15.2 Å². The molecule has 0 spiro atoms. The van der Waals surface area contributed by atoms with E-state index in [1.807, 2.05) is 12.1 Å². The molecule has 1 fully saturated rings. The van der Waals surface area contributed by atoms with Gasteiger partial charge in [0.25, 0.3) is 0 Å². The van der Waals surface area contributed by atoms with Crippen LogP contribution in [0.1, 0.15) is 54.5 Å². The summed E-state index contributed by atoms with van der Waals surface area (Å²) in [5.74, 6) is 0.481. The number of fused-ring (bicyclic) bond motifs is 2. The van der Waals surface area contributed by atoms with Crippen LogP contribution in [0.3, 0.4) is 0 Å². The van der Waals surface area contributed by atoms with Gasteiger partial charge in [-0.05, 0) is 41.7 Å². The first-order valence-corrected chi connectivity index (χ1v) is 12.4. The second-order valence-electron chi connectivity index (χ2n) is 9.45. The summed E-state index contributed by atoms with van der Waals surface area (Å²) in [7, 11) is 0. The van der Waals surface area contributed by atoms with Crippen LogP contribution in [-0.4, -0.2) is 10.9 Å². The van der Waals surface area contributed by atoms with Gasteiger partial charge in [-0.1, -0.05) is 97.2 Å². The van der Waals surface area contributed by atoms with E-state index in [9.17, 15) is 0 Å². The van der Waals surface area contributed by atoms with Gasteiger partial charge in [0.1, 0.15) is 6.10 Å². The van der Waals surface area contributed by atoms with E-state index in [4.69, 9.17) is 16.4 Å². The van der Waals surface area contributed by atoms with Crippen molar-refractivity contribution in [1.29, 1.82) is 0 Å². The van der Waals surface area contributed by atoms with Crippen molar-refractivity contribution >= 4 is 11.6 Å². The number of benzene rings is 3. The maximum atomic E-state index is 6.33. The Hall–Kier alpha value is -2.59. The van der Waals surface area contributed by atoms with Crippen molar-refractivity contribution in [2.75, 3.05) is 0 Å². The molecule has 0 aromatic heterocycles. The number of halogens is 1. The smallest absolute Gasteiger partial charge is 0.135 e. The summed E-state index contributed by atoms with van der Waals surface area (Å²) in [5.41, 5.74) is 9.94. The molecule has 0 amide bonds. The quantitative estimate of drug-likeness (QED) is 0.458. The largest absolute Gasteiger partial charge is 0.285 e. The summed E-state index contributed by atoms with van der Waals surface area (Å²) >= 11 is 6.21. The van der Waals surface area contributed by atoms with E-state index in [-0.39, 0.29) is 12.1 Å². The summed E-state index contributed by atoms with van der Waals surface area (Å²) < 4.78 is 0. The van der Waals surface area contributed by atoms with Gasteiger partial charge in [0, 0.05) is 34.8 Å².